The van der Waals surface area contributed by atoms with Crippen molar-refractivity contribution in [2.75, 3.05) is 6.54 Å². The van der Waals surface area contributed by atoms with Gasteiger partial charge in [0.05, 0.1) is 10.7 Å². The molecule has 0 aliphatic heterocycles. The summed E-state index contributed by atoms with van der Waals surface area (Å²) in [6.45, 7) is 7.91. The zero-order valence-electron chi connectivity index (χ0n) is 11.2. The van der Waals surface area contributed by atoms with Gasteiger partial charge in [0.25, 0.3) is 0 Å². The van der Waals surface area contributed by atoms with Gasteiger partial charge in [0.15, 0.2) is 0 Å². The van der Waals surface area contributed by atoms with Crippen LogP contribution in [0.1, 0.15) is 43.8 Å². The molecule has 1 N–H and O–H groups in total. The summed E-state index contributed by atoms with van der Waals surface area (Å²) in [5.41, 5.74) is 1.25. The molecule has 2 rings (SSSR count). The Kier molecular flexibility index (Phi) is 4.57. The summed E-state index contributed by atoms with van der Waals surface area (Å²) in [7, 11) is 0. The number of nitrogens with zero attached hydrogens (tertiary/aromatic N) is 1. The lowest BCUT2D eigenvalue weighted by Gasteiger charge is -2.33. The molecular weight excluding hydrogens is 228 g/mol. The molecular formula is C14H24N2S. The van der Waals surface area contributed by atoms with E-state index in [1.54, 1.807) is 11.3 Å². The molecule has 96 valence electrons. The summed E-state index contributed by atoms with van der Waals surface area (Å²) in [6.07, 6.45) is 5.21. The zero-order valence-corrected chi connectivity index (χ0v) is 12.0. The highest BCUT2D eigenvalue weighted by Gasteiger charge is 2.24. The Balaban J connectivity index is 1.74. The molecule has 1 aliphatic rings. The number of nitrogens with one attached hydrogen (secondary N) is 1. The second-order valence-corrected chi connectivity index (χ2v) is 6.63. The summed E-state index contributed by atoms with van der Waals surface area (Å²) in [5.74, 6) is 1.73. The Morgan fingerprint density at radius 1 is 1.41 bits per heavy atom. The molecule has 1 aromatic rings. The minimum atomic E-state index is 0.721. The largest absolute Gasteiger partial charge is 0.313 e. The van der Waals surface area contributed by atoms with Gasteiger partial charge in [-0.25, -0.2) is 4.98 Å². The van der Waals surface area contributed by atoms with E-state index in [9.17, 15) is 0 Å². The maximum absolute atomic E-state index is 4.51. The van der Waals surface area contributed by atoms with Crippen LogP contribution in [0.15, 0.2) is 5.38 Å². The topological polar surface area (TPSA) is 24.9 Å². The first-order chi connectivity index (χ1) is 8.15. The first kappa shape index (κ1) is 13.0. The third-order valence-corrected chi connectivity index (χ3v) is 4.73. The first-order valence-corrected chi connectivity index (χ1v) is 7.67. The average Bonchev–Trinajstić information content (AvgIpc) is 2.69. The van der Waals surface area contributed by atoms with E-state index in [2.05, 4.69) is 36.5 Å². The van der Waals surface area contributed by atoms with Crippen LogP contribution >= 0.6 is 11.3 Å². The van der Waals surface area contributed by atoms with Crippen molar-refractivity contribution >= 4 is 11.3 Å². The standard InChI is InChI=1S/C14H24N2S/c1-10-4-5-11(2)14(8-10)15-7-6-13-9-17-12(3)16-13/h9-11,14-15H,4-8H2,1-3H3. The Hall–Kier alpha value is -0.410. The van der Waals surface area contributed by atoms with Gasteiger partial charge in [0, 0.05) is 24.4 Å². The second-order valence-electron chi connectivity index (χ2n) is 5.56. The molecule has 1 heterocycles. The second kappa shape index (κ2) is 5.96. The van der Waals surface area contributed by atoms with Crippen molar-refractivity contribution in [3.8, 4) is 0 Å². The number of aromatic nitrogens is 1. The van der Waals surface area contributed by atoms with Gasteiger partial charge in [-0.1, -0.05) is 20.3 Å². The Morgan fingerprint density at radius 3 is 2.94 bits per heavy atom. The van der Waals surface area contributed by atoms with Crippen molar-refractivity contribution in [1.82, 2.24) is 10.3 Å². The van der Waals surface area contributed by atoms with Gasteiger partial charge in [-0.2, -0.15) is 0 Å². The van der Waals surface area contributed by atoms with Crippen LogP contribution in [0.2, 0.25) is 0 Å². The van der Waals surface area contributed by atoms with Crippen LogP contribution in [-0.2, 0) is 6.42 Å². The van der Waals surface area contributed by atoms with Gasteiger partial charge in [-0.3, -0.25) is 0 Å². The predicted octanol–water partition coefficient (Wildman–Crippen LogP) is 3.41. The molecule has 0 amide bonds. The van der Waals surface area contributed by atoms with E-state index >= 15 is 0 Å². The normalized spacial score (nSPS) is 29.5. The first-order valence-electron chi connectivity index (χ1n) is 6.79. The fraction of sp³-hybridized carbons (Fsp3) is 0.786. The molecule has 1 saturated carbocycles. The van der Waals surface area contributed by atoms with Crippen LogP contribution in [0.3, 0.4) is 0 Å². The number of thiazole rings is 1. The molecule has 17 heavy (non-hydrogen) atoms. The maximum Gasteiger partial charge on any atom is 0.0897 e. The van der Waals surface area contributed by atoms with E-state index < -0.39 is 0 Å². The summed E-state index contributed by atoms with van der Waals surface area (Å²) < 4.78 is 0. The maximum atomic E-state index is 4.51. The minimum Gasteiger partial charge on any atom is -0.313 e. The fourth-order valence-corrected chi connectivity index (χ4v) is 3.37. The van der Waals surface area contributed by atoms with Crippen LogP contribution < -0.4 is 5.32 Å². The molecule has 0 aromatic carbocycles. The Bertz CT molecular complexity index is 348. The van der Waals surface area contributed by atoms with E-state index in [0.717, 1.165) is 30.8 Å². The molecule has 0 spiro atoms. The fourth-order valence-electron chi connectivity index (χ4n) is 2.73. The van der Waals surface area contributed by atoms with Gasteiger partial charge in [-0.05, 0) is 31.6 Å². The number of hydrogen-bond donors (Lipinski definition) is 1. The van der Waals surface area contributed by atoms with Crippen molar-refractivity contribution < 1.29 is 0 Å². The number of hydrogen-bond acceptors (Lipinski definition) is 3. The minimum absolute atomic E-state index is 0.721. The molecule has 0 radical (unpaired) electrons. The zero-order chi connectivity index (χ0) is 12.3. The van der Waals surface area contributed by atoms with Crippen LogP contribution in [0.25, 0.3) is 0 Å². The third kappa shape index (κ3) is 3.78. The van der Waals surface area contributed by atoms with Gasteiger partial charge in [0.1, 0.15) is 0 Å². The smallest absolute Gasteiger partial charge is 0.0897 e. The summed E-state index contributed by atoms with van der Waals surface area (Å²) in [4.78, 5) is 4.51. The van der Waals surface area contributed by atoms with E-state index in [-0.39, 0.29) is 0 Å². The Morgan fingerprint density at radius 2 is 2.24 bits per heavy atom. The van der Waals surface area contributed by atoms with Crippen molar-refractivity contribution in [2.24, 2.45) is 11.8 Å². The molecule has 1 aromatic heterocycles. The summed E-state index contributed by atoms with van der Waals surface area (Å²) in [5, 5.41) is 7.09. The Labute approximate surface area is 109 Å². The number of rotatable bonds is 4. The SMILES string of the molecule is Cc1nc(CCNC2CC(C)CCC2C)cs1. The van der Waals surface area contributed by atoms with Crippen molar-refractivity contribution in [3.05, 3.63) is 16.1 Å². The van der Waals surface area contributed by atoms with Crippen LogP contribution in [0, 0.1) is 18.8 Å². The van der Waals surface area contributed by atoms with E-state index in [0.29, 0.717) is 0 Å². The highest BCUT2D eigenvalue weighted by molar-refractivity contribution is 7.09. The van der Waals surface area contributed by atoms with Gasteiger partial charge in [0.2, 0.25) is 0 Å². The monoisotopic (exact) mass is 252 g/mol. The lowest BCUT2D eigenvalue weighted by molar-refractivity contribution is 0.229. The molecule has 1 fully saturated rings. The van der Waals surface area contributed by atoms with E-state index in [1.165, 1.54) is 30.0 Å². The molecule has 3 atom stereocenters. The molecule has 0 bridgehead atoms. The van der Waals surface area contributed by atoms with Gasteiger partial charge < -0.3 is 5.32 Å². The molecule has 1 aliphatic carbocycles. The highest BCUT2D eigenvalue weighted by Crippen LogP contribution is 2.28. The molecule has 2 nitrogen and oxygen atoms in total. The lowest BCUT2D eigenvalue weighted by atomic mass is 9.80. The number of aryl methyl sites for hydroxylation is 1. The molecule has 0 saturated heterocycles. The van der Waals surface area contributed by atoms with Crippen molar-refractivity contribution in [2.45, 2.75) is 52.5 Å². The third-order valence-electron chi connectivity index (χ3n) is 3.91. The average molecular weight is 252 g/mol. The molecule has 3 unspecified atom stereocenters. The lowest BCUT2D eigenvalue weighted by Crippen LogP contribution is -2.40. The predicted molar refractivity (Wildman–Crippen MR) is 74.5 cm³/mol. The van der Waals surface area contributed by atoms with Gasteiger partial charge in [-0.15, -0.1) is 11.3 Å². The summed E-state index contributed by atoms with van der Waals surface area (Å²) in [6, 6.07) is 0.721. The molecule has 3 heteroatoms. The van der Waals surface area contributed by atoms with E-state index in [1.807, 2.05) is 0 Å². The van der Waals surface area contributed by atoms with Crippen LogP contribution in [0.4, 0.5) is 0 Å². The van der Waals surface area contributed by atoms with Gasteiger partial charge >= 0.3 is 0 Å². The van der Waals surface area contributed by atoms with Crippen LogP contribution in [-0.4, -0.2) is 17.6 Å². The van der Waals surface area contributed by atoms with E-state index in [4.69, 9.17) is 0 Å². The summed E-state index contributed by atoms with van der Waals surface area (Å²) >= 11 is 1.75. The highest BCUT2D eigenvalue weighted by atomic mass is 32.1. The van der Waals surface area contributed by atoms with Crippen LogP contribution in [0.5, 0.6) is 0 Å². The quantitative estimate of drug-likeness (QED) is 0.888. The van der Waals surface area contributed by atoms with Crippen molar-refractivity contribution in [1.29, 1.82) is 0 Å². The van der Waals surface area contributed by atoms with Crippen molar-refractivity contribution in [3.63, 3.8) is 0 Å².